The Morgan fingerprint density at radius 3 is 2.48 bits per heavy atom. The Hall–Kier alpha value is -1.76. The Labute approximate surface area is 201 Å². The van der Waals surface area contributed by atoms with E-state index in [1.807, 2.05) is 0 Å². The minimum atomic E-state index is 0.0856. The molecule has 176 valence electrons. The summed E-state index contributed by atoms with van der Waals surface area (Å²) in [6.07, 6.45) is 8.21. The maximum absolute atomic E-state index is 13.0. The lowest BCUT2D eigenvalue weighted by Gasteiger charge is -2.56. The third-order valence-electron chi connectivity index (χ3n) is 8.51. The molecule has 0 radical (unpaired) electrons. The molecule has 5 fully saturated rings. The average Bonchev–Trinajstić information content (AvgIpc) is 3.22. The van der Waals surface area contributed by atoms with Crippen molar-refractivity contribution in [1.29, 1.82) is 0 Å². The lowest BCUT2D eigenvalue weighted by atomic mass is 9.53. The molecular weight excluding hydrogens is 428 g/mol. The SMILES string of the molecule is CN1CCN(Cc2cccc(-c3nc(CC(=O)NC45CC6CC(CC(C6)C4)C5)cs3)c2)CC1. The van der Waals surface area contributed by atoms with Crippen molar-refractivity contribution in [1.82, 2.24) is 20.1 Å². The van der Waals surface area contributed by atoms with Crippen molar-refractivity contribution >= 4 is 17.2 Å². The summed E-state index contributed by atoms with van der Waals surface area (Å²) in [7, 11) is 2.20. The number of likely N-dealkylation sites (N-methyl/N-ethyl adjacent to an activating group) is 1. The number of rotatable bonds is 6. The van der Waals surface area contributed by atoms with E-state index in [0.717, 1.165) is 61.2 Å². The molecular formula is C27H36N4OS. The third kappa shape index (κ3) is 4.75. The van der Waals surface area contributed by atoms with E-state index in [1.165, 1.54) is 49.7 Å². The smallest absolute Gasteiger partial charge is 0.226 e. The summed E-state index contributed by atoms with van der Waals surface area (Å²) < 4.78 is 0. The number of carbonyl (C=O) groups excluding carboxylic acids is 1. The molecule has 0 atom stereocenters. The van der Waals surface area contributed by atoms with Crippen LogP contribution < -0.4 is 5.32 Å². The second-order valence-corrected chi connectivity index (χ2v) is 12.2. The van der Waals surface area contributed by atoms with Gasteiger partial charge < -0.3 is 10.2 Å². The van der Waals surface area contributed by atoms with E-state index in [-0.39, 0.29) is 11.4 Å². The molecule has 2 heterocycles. The zero-order chi connectivity index (χ0) is 22.4. The van der Waals surface area contributed by atoms with E-state index in [0.29, 0.717) is 6.42 Å². The fraction of sp³-hybridized carbons (Fsp3) is 0.630. The quantitative estimate of drug-likeness (QED) is 0.697. The third-order valence-corrected chi connectivity index (χ3v) is 9.45. The van der Waals surface area contributed by atoms with E-state index >= 15 is 0 Å². The Balaban J connectivity index is 1.08. The van der Waals surface area contributed by atoms with E-state index in [4.69, 9.17) is 4.98 Å². The molecule has 7 rings (SSSR count). The molecule has 4 bridgehead atoms. The zero-order valence-corrected chi connectivity index (χ0v) is 20.6. The summed E-state index contributed by atoms with van der Waals surface area (Å²) in [5.74, 6) is 2.71. The van der Waals surface area contributed by atoms with Gasteiger partial charge in [-0.2, -0.15) is 0 Å². The standard InChI is InChI=1S/C27H36N4OS/c1-30-5-7-31(8-6-30)17-19-3-2-4-23(12-19)26-28-24(18-33-26)13-25(32)29-27-14-20-9-21(15-27)11-22(10-20)16-27/h2-4,12,18,20-22H,5-11,13-17H2,1H3,(H,29,32). The van der Waals surface area contributed by atoms with Crippen LogP contribution in [0.2, 0.25) is 0 Å². The molecule has 2 aromatic rings. The summed E-state index contributed by atoms with van der Waals surface area (Å²) in [6.45, 7) is 5.52. The molecule has 1 amide bonds. The topological polar surface area (TPSA) is 48.5 Å². The van der Waals surface area contributed by atoms with E-state index in [1.54, 1.807) is 11.3 Å². The number of hydrogen-bond acceptors (Lipinski definition) is 5. The van der Waals surface area contributed by atoms with Crippen LogP contribution >= 0.6 is 11.3 Å². The van der Waals surface area contributed by atoms with Crippen LogP contribution in [0, 0.1) is 17.8 Å². The van der Waals surface area contributed by atoms with Gasteiger partial charge in [0.15, 0.2) is 0 Å². The Bertz CT molecular complexity index is 974. The molecule has 5 aliphatic rings. The number of hydrogen-bond donors (Lipinski definition) is 1. The number of carbonyl (C=O) groups is 1. The van der Waals surface area contributed by atoms with Gasteiger partial charge in [-0.3, -0.25) is 9.69 Å². The van der Waals surface area contributed by atoms with Crippen molar-refractivity contribution in [2.45, 2.75) is 57.0 Å². The van der Waals surface area contributed by atoms with E-state index < -0.39 is 0 Å². The number of aromatic nitrogens is 1. The Morgan fingerprint density at radius 1 is 1.09 bits per heavy atom. The van der Waals surface area contributed by atoms with Gasteiger partial charge in [-0.05, 0) is 75.0 Å². The highest BCUT2D eigenvalue weighted by atomic mass is 32.1. The molecule has 5 nitrogen and oxygen atoms in total. The molecule has 4 saturated carbocycles. The fourth-order valence-electron chi connectivity index (χ4n) is 7.36. The Morgan fingerprint density at radius 2 is 1.79 bits per heavy atom. The van der Waals surface area contributed by atoms with Crippen LogP contribution in [0.25, 0.3) is 10.6 Å². The lowest BCUT2D eigenvalue weighted by Crippen LogP contribution is -2.60. The fourth-order valence-corrected chi connectivity index (χ4v) is 8.17. The molecule has 1 N–H and O–H groups in total. The van der Waals surface area contributed by atoms with Crippen LogP contribution in [-0.4, -0.2) is 59.5 Å². The highest BCUT2D eigenvalue weighted by Crippen LogP contribution is 2.55. The van der Waals surface area contributed by atoms with Gasteiger partial charge in [0.1, 0.15) is 5.01 Å². The van der Waals surface area contributed by atoms with Crippen molar-refractivity contribution in [2.75, 3.05) is 33.2 Å². The summed E-state index contributed by atoms with van der Waals surface area (Å²) in [5, 5.41) is 6.59. The van der Waals surface area contributed by atoms with Crippen molar-refractivity contribution in [2.24, 2.45) is 17.8 Å². The predicted molar refractivity (Wildman–Crippen MR) is 133 cm³/mol. The van der Waals surface area contributed by atoms with Crippen molar-refractivity contribution in [3.05, 3.63) is 40.9 Å². The molecule has 1 aromatic carbocycles. The van der Waals surface area contributed by atoms with Gasteiger partial charge in [0.05, 0.1) is 12.1 Å². The first-order valence-electron chi connectivity index (χ1n) is 12.8. The van der Waals surface area contributed by atoms with Crippen LogP contribution in [0.1, 0.15) is 49.8 Å². The molecule has 0 spiro atoms. The average molecular weight is 465 g/mol. The van der Waals surface area contributed by atoms with Gasteiger partial charge >= 0.3 is 0 Å². The van der Waals surface area contributed by atoms with Crippen LogP contribution in [0.5, 0.6) is 0 Å². The summed E-state index contributed by atoms with van der Waals surface area (Å²) in [6, 6.07) is 8.78. The minimum absolute atomic E-state index is 0.0856. The lowest BCUT2D eigenvalue weighted by molar-refractivity contribution is -0.126. The first-order valence-corrected chi connectivity index (χ1v) is 13.7. The predicted octanol–water partition coefficient (Wildman–Crippen LogP) is 4.19. The number of benzene rings is 1. The molecule has 0 unspecified atom stereocenters. The maximum atomic E-state index is 13.0. The van der Waals surface area contributed by atoms with E-state index in [9.17, 15) is 4.79 Å². The Kier molecular flexibility index (Phi) is 5.79. The van der Waals surface area contributed by atoms with Gasteiger partial charge in [0.2, 0.25) is 5.91 Å². The highest BCUT2D eigenvalue weighted by molar-refractivity contribution is 7.13. The monoisotopic (exact) mass is 464 g/mol. The van der Waals surface area contributed by atoms with Crippen molar-refractivity contribution in [3.8, 4) is 10.6 Å². The van der Waals surface area contributed by atoms with Gasteiger partial charge in [-0.1, -0.05) is 18.2 Å². The number of piperazine rings is 1. The summed E-state index contributed by atoms with van der Waals surface area (Å²) >= 11 is 1.66. The molecule has 1 saturated heterocycles. The second-order valence-electron chi connectivity index (χ2n) is 11.3. The molecule has 33 heavy (non-hydrogen) atoms. The number of amides is 1. The first kappa shape index (κ1) is 21.8. The van der Waals surface area contributed by atoms with Crippen LogP contribution in [-0.2, 0) is 17.8 Å². The van der Waals surface area contributed by atoms with Gasteiger partial charge in [0, 0.05) is 49.2 Å². The van der Waals surface area contributed by atoms with Gasteiger partial charge in [-0.25, -0.2) is 4.98 Å². The zero-order valence-electron chi connectivity index (χ0n) is 19.8. The van der Waals surface area contributed by atoms with Crippen LogP contribution in [0.4, 0.5) is 0 Å². The molecule has 1 aliphatic heterocycles. The van der Waals surface area contributed by atoms with E-state index in [2.05, 4.69) is 51.8 Å². The van der Waals surface area contributed by atoms with Crippen molar-refractivity contribution < 1.29 is 4.79 Å². The molecule has 6 heteroatoms. The largest absolute Gasteiger partial charge is 0.350 e. The summed E-state index contributed by atoms with van der Waals surface area (Å²) in [4.78, 5) is 22.8. The van der Waals surface area contributed by atoms with Gasteiger partial charge in [0.25, 0.3) is 0 Å². The second kappa shape index (κ2) is 8.79. The maximum Gasteiger partial charge on any atom is 0.226 e. The summed E-state index contributed by atoms with van der Waals surface area (Å²) in [5.41, 5.74) is 3.50. The molecule has 4 aliphatic carbocycles. The van der Waals surface area contributed by atoms with Crippen LogP contribution in [0.15, 0.2) is 29.6 Å². The van der Waals surface area contributed by atoms with Crippen LogP contribution in [0.3, 0.4) is 0 Å². The van der Waals surface area contributed by atoms with Gasteiger partial charge in [-0.15, -0.1) is 11.3 Å². The van der Waals surface area contributed by atoms with Crippen molar-refractivity contribution in [3.63, 3.8) is 0 Å². The number of nitrogens with one attached hydrogen (secondary N) is 1. The number of thiazole rings is 1. The first-order chi connectivity index (χ1) is 16.0. The molecule has 1 aromatic heterocycles. The highest BCUT2D eigenvalue weighted by Gasteiger charge is 2.51. The normalized spacial score (nSPS) is 31.7. The minimum Gasteiger partial charge on any atom is -0.350 e. The number of nitrogens with zero attached hydrogens (tertiary/aromatic N) is 3.